The van der Waals surface area contributed by atoms with Crippen LogP contribution in [0.2, 0.25) is 0 Å². The summed E-state index contributed by atoms with van der Waals surface area (Å²) in [7, 11) is 0. The molecule has 3 aromatic heterocycles. The summed E-state index contributed by atoms with van der Waals surface area (Å²) in [6, 6.07) is 76.9. The second-order valence-electron chi connectivity index (χ2n) is 17.7. The molecule has 0 spiro atoms. The van der Waals surface area contributed by atoms with Crippen LogP contribution in [0.15, 0.2) is 237 Å². The average molecular weight is 874 g/mol. The van der Waals surface area contributed by atoms with Crippen molar-refractivity contribution in [2.24, 2.45) is 0 Å². The predicted molar refractivity (Wildman–Crippen MR) is 284 cm³/mol. The molecular formula is C62H45N6+. The van der Waals surface area contributed by atoms with Crippen molar-refractivity contribution in [3.63, 3.8) is 0 Å². The third-order valence-corrected chi connectivity index (χ3v) is 13.9. The molecule has 68 heavy (non-hydrogen) atoms. The molecule has 0 aliphatic heterocycles. The van der Waals surface area contributed by atoms with Crippen molar-refractivity contribution < 1.29 is 5.41 Å². The minimum Gasteiger partial charge on any atom is -0.333 e. The third kappa shape index (κ3) is 6.11. The number of benzene rings is 9. The Morgan fingerprint density at radius 1 is 0.500 bits per heavy atom. The zero-order chi connectivity index (χ0) is 45.3. The van der Waals surface area contributed by atoms with E-state index in [0.717, 1.165) is 56.4 Å². The van der Waals surface area contributed by atoms with Gasteiger partial charge in [-0.15, -0.1) is 0 Å². The Morgan fingerprint density at radius 2 is 1.09 bits per heavy atom. The Labute approximate surface area is 393 Å². The summed E-state index contributed by atoms with van der Waals surface area (Å²) in [5, 5.41) is 24.1. The largest absolute Gasteiger partial charge is 0.333 e. The predicted octanol–water partition coefficient (Wildman–Crippen LogP) is 13.6. The Hall–Kier alpha value is -9.00. The molecule has 1 aliphatic rings. The number of nitrogens with zero attached hydrogens (tertiary/aromatic N) is 4. The van der Waals surface area contributed by atoms with Crippen LogP contribution in [0.25, 0.3) is 82.4 Å². The van der Waals surface area contributed by atoms with E-state index >= 15 is 0 Å². The molecule has 3 N–H and O–H groups in total. The van der Waals surface area contributed by atoms with Crippen LogP contribution in [0.4, 0.5) is 5.69 Å². The summed E-state index contributed by atoms with van der Waals surface area (Å²) in [4.78, 5) is 1.84. The molecule has 3 heterocycles. The molecule has 6 heteroatoms. The average Bonchev–Trinajstić information content (AvgIpc) is 4.05. The van der Waals surface area contributed by atoms with Gasteiger partial charge in [0.2, 0.25) is 5.84 Å². The Bertz CT molecular complexity index is 4040. The lowest BCUT2D eigenvalue weighted by molar-refractivity contribution is -0.113. The molecule has 322 valence electrons. The van der Waals surface area contributed by atoms with E-state index in [1.165, 1.54) is 54.7 Å². The smallest absolute Gasteiger partial charge is 0.286 e. The number of nitrogens with one attached hydrogen (secondary N) is 1. The fraction of sp³-hybridized carbons (Fsp3) is 0.0323. The van der Waals surface area contributed by atoms with Gasteiger partial charge in [0.1, 0.15) is 5.69 Å². The number of hydrogen-bond donors (Lipinski definition) is 2. The number of hydrogen-bond acceptors (Lipinski definition) is 1. The third-order valence-electron chi connectivity index (χ3n) is 13.9. The van der Waals surface area contributed by atoms with Gasteiger partial charge in [0.15, 0.2) is 0 Å². The molecular weight excluding hydrogens is 829 g/mol. The fourth-order valence-corrected chi connectivity index (χ4v) is 10.9. The molecule has 0 saturated carbocycles. The van der Waals surface area contributed by atoms with Gasteiger partial charge in [-0.2, -0.15) is 4.90 Å². The molecule has 0 saturated heterocycles. The van der Waals surface area contributed by atoms with Crippen molar-refractivity contribution in [1.82, 2.24) is 13.7 Å². The number of anilines is 1. The van der Waals surface area contributed by atoms with Crippen molar-refractivity contribution in [1.29, 1.82) is 5.41 Å². The maximum absolute atomic E-state index is 9.82. The van der Waals surface area contributed by atoms with Crippen molar-refractivity contribution >= 4 is 88.3 Å². The molecule has 0 fully saturated rings. The normalized spacial score (nSPS) is 13.8. The monoisotopic (exact) mass is 873 g/mol. The number of allylic oxidation sites excluding steroid dienone is 4. The Kier molecular flexibility index (Phi) is 9.18. The van der Waals surface area contributed by atoms with Crippen molar-refractivity contribution in [2.75, 3.05) is 4.90 Å². The lowest BCUT2D eigenvalue weighted by Crippen LogP contribution is -2.54. The van der Waals surface area contributed by atoms with Gasteiger partial charge in [-0.3, -0.25) is 10.8 Å². The molecule has 0 radical (unpaired) electrons. The zero-order valence-electron chi connectivity index (χ0n) is 37.2. The molecule has 1 atom stereocenters. The summed E-state index contributed by atoms with van der Waals surface area (Å²) >= 11 is 0. The van der Waals surface area contributed by atoms with Crippen LogP contribution < -0.4 is 10.3 Å². The SMILES string of the molecule is N=C(c1ccc2c3ccccc3n(-c3ccccc3C3=CC=CC(n4c5ccccc5c5c6c(ccc54)c4ccccc4n6-c4ccccc4)C3)c2c1)N(C(=[NH2+])c1ccccc1)c1ccccc1. The first-order chi connectivity index (χ1) is 33.6. The van der Waals surface area contributed by atoms with Gasteiger partial charge >= 0.3 is 0 Å². The molecule has 6 nitrogen and oxygen atoms in total. The Morgan fingerprint density at radius 3 is 1.85 bits per heavy atom. The molecule has 12 aromatic rings. The number of amidine groups is 2. The van der Waals surface area contributed by atoms with Crippen molar-refractivity contribution in [3.8, 4) is 11.4 Å². The lowest BCUT2D eigenvalue weighted by atomic mass is 9.92. The van der Waals surface area contributed by atoms with Crippen LogP contribution in [0.1, 0.15) is 29.2 Å². The molecule has 0 amide bonds. The van der Waals surface area contributed by atoms with E-state index in [1.54, 1.807) is 0 Å². The number of rotatable bonds is 7. The van der Waals surface area contributed by atoms with Crippen LogP contribution in [0, 0.1) is 5.41 Å². The van der Waals surface area contributed by atoms with Gasteiger partial charge in [-0.05, 0) is 90.9 Å². The molecule has 13 rings (SSSR count). The summed E-state index contributed by atoms with van der Waals surface area (Å²) in [5.41, 5.74) is 14.1. The highest BCUT2D eigenvalue weighted by Crippen LogP contribution is 2.45. The first-order valence-corrected chi connectivity index (χ1v) is 23.2. The summed E-state index contributed by atoms with van der Waals surface area (Å²) in [6.45, 7) is 0. The van der Waals surface area contributed by atoms with E-state index < -0.39 is 0 Å². The maximum atomic E-state index is 9.82. The van der Waals surface area contributed by atoms with E-state index in [9.17, 15) is 5.41 Å². The number of para-hydroxylation sites is 6. The lowest BCUT2D eigenvalue weighted by Gasteiger charge is -2.24. The minimum absolute atomic E-state index is 0.0537. The minimum atomic E-state index is 0.0537. The summed E-state index contributed by atoms with van der Waals surface area (Å²) in [5.74, 6) is 0.783. The maximum Gasteiger partial charge on any atom is 0.286 e. The van der Waals surface area contributed by atoms with E-state index in [2.05, 4.69) is 190 Å². The number of fused-ring (bicyclic) bond motifs is 10. The highest BCUT2D eigenvalue weighted by molar-refractivity contribution is 6.28. The van der Waals surface area contributed by atoms with Crippen molar-refractivity contribution in [3.05, 3.63) is 253 Å². The molecule has 9 aromatic carbocycles. The van der Waals surface area contributed by atoms with Gasteiger partial charge in [-0.1, -0.05) is 158 Å². The standard InChI is InChI=1S/C62H44N6/c63-61(41-19-4-1-5-20-41)67(45-24-8-3-9-25-45)62(64)43-35-36-50-48-28-11-16-33-55(48)68(58(50)40-43)53-31-14-10-27-47(53)42-21-18-26-46(39-42)65-56-34-17-13-30-52(56)59-57(65)38-37-51-49-29-12-15-32-54(49)66(60(51)59)44-22-6-2-7-23-44/h1-38,40,46,63-64H,39H2/p+1. The van der Waals surface area contributed by atoms with Crippen LogP contribution in [-0.4, -0.2) is 25.4 Å². The zero-order valence-corrected chi connectivity index (χ0v) is 37.2. The second kappa shape index (κ2) is 15.9. The Balaban J connectivity index is 0.946. The second-order valence-corrected chi connectivity index (χ2v) is 17.7. The van der Waals surface area contributed by atoms with Gasteiger partial charge in [0.05, 0.1) is 44.9 Å². The molecule has 0 bridgehead atoms. The topological polar surface area (TPSA) is 67.5 Å². The number of aromatic nitrogens is 3. The number of nitrogens with two attached hydrogens (primary N) is 1. The highest BCUT2D eigenvalue weighted by atomic mass is 15.2. The van der Waals surface area contributed by atoms with Gasteiger partial charge in [0.25, 0.3) is 5.84 Å². The summed E-state index contributed by atoms with van der Waals surface area (Å²) < 4.78 is 7.41. The van der Waals surface area contributed by atoms with Crippen LogP contribution in [-0.2, 0) is 0 Å². The molecule has 1 aliphatic carbocycles. The molecule has 1 unspecified atom stereocenters. The first kappa shape index (κ1) is 39.4. The highest BCUT2D eigenvalue weighted by Gasteiger charge is 2.30. The van der Waals surface area contributed by atoms with Crippen molar-refractivity contribution in [2.45, 2.75) is 12.5 Å². The van der Waals surface area contributed by atoms with E-state index in [0.29, 0.717) is 11.7 Å². The van der Waals surface area contributed by atoms with Crippen LogP contribution in [0.5, 0.6) is 0 Å². The first-order valence-electron chi connectivity index (χ1n) is 23.2. The van der Waals surface area contributed by atoms with Crippen LogP contribution >= 0.6 is 0 Å². The van der Waals surface area contributed by atoms with Gasteiger partial charge in [-0.25, -0.2) is 0 Å². The quantitative estimate of drug-likeness (QED) is 0.122. The fourth-order valence-electron chi connectivity index (χ4n) is 10.9. The van der Waals surface area contributed by atoms with E-state index in [4.69, 9.17) is 5.41 Å². The van der Waals surface area contributed by atoms with E-state index in [1.807, 2.05) is 65.6 Å². The van der Waals surface area contributed by atoms with Gasteiger partial charge < -0.3 is 13.7 Å². The van der Waals surface area contributed by atoms with Gasteiger partial charge in [0, 0.05) is 54.6 Å². The van der Waals surface area contributed by atoms with Crippen LogP contribution in [0.3, 0.4) is 0 Å². The van der Waals surface area contributed by atoms with E-state index in [-0.39, 0.29) is 6.04 Å². The summed E-state index contributed by atoms with van der Waals surface area (Å²) in [6.07, 6.45) is 7.71.